The molecule has 10 heteroatoms. The quantitative estimate of drug-likeness (QED) is 0.393. The van der Waals surface area contributed by atoms with Crippen LogP contribution in [0.3, 0.4) is 0 Å². The van der Waals surface area contributed by atoms with E-state index >= 15 is 0 Å². The zero-order valence-corrected chi connectivity index (χ0v) is 17.5. The van der Waals surface area contributed by atoms with E-state index in [0.29, 0.717) is 21.9 Å². The van der Waals surface area contributed by atoms with Gasteiger partial charge in [0.15, 0.2) is 0 Å². The van der Waals surface area contributed by atoms with Gasteiger partial charge < -0.3 is 0 Å². The fourth-order valence-electron chi connectivity index (χ4n) is 3.44. The number of halogens is 6. The Kier molecular flexibility index (Phi) is 4.66. The smallest absolute Gasteiger partial charge is 0.246 e. The molecule has 0 aliphatic heterocycles. The molecule has 0 unspecified atom stereocenters. The van der Waals surface area contributed by atoms with Gasteiger partial charge in [-0.3, -0.25) is 0 Å². The molecule has 0 fully saturated rings. The molecule has 2 nitrogen and oxygen atoms in total. The average molecular weight is 460 g/mol. The summed E-state index contributed by atoms with van der Waals surface area (Å²) in [5.74, 6) is -15.8. The molecule has 0 N–H and O–H groups in total. The minimum absolute atomic E-state index is 0.00524. The summed E-state index contributed by atoms with van der Waals surface area (Å²) < 4.78 is 88.2. The lowest BCUT2D eigenvalue weighted by Crippen LogP contribution is -2.49. The Morgan fingerprint density at radius 1 is 0.767 bits per heavy atom. The lowest BCUT2D eigenvalue weighted by molar-refractivity contribution is -0.254. The van der Waals surface area contributed by atoms with E-state index in [1.54, 1.807) is 30.3 Å². The second kappa shape index (κ2) is 6.65. The molecule has 0 radical (unpaired) electrons. The lowest BCUT2D eigenvalue weighted by atomic mass is 10.0. The predicted octanol–water partition coefficient (Wildman–Crippen LogP) is 7.02. The maximum atomic E-state index is 14.9. The molecular formula is C20H14F6N2S2. The molecule has 2 heterocycles. The number of alkyl halides is 6. The SMILES string of the molecule is Cc1nc(C)c(C2=C(c3nc(-c4ccccc4)sc3C)C(F)(F)C(F)(F)C2(F)F)s1. The van der Waals surface area contributed by atoms with Gasteiger partial charge in [0, 0.05) is 10.4 Å². The molecule has 0 bridgehead atoms. The Morgan fingerprint density at radius 3 is 1.93 bits per heavy atom. The van der Waals surface area contributed by atoms with Gasteiger partial charge in [0.05, 0.1) is 32.4 Å². The number of nitrogens with zero attached hydrogens (tertiary/aromatic N) is 2. The number of allylic oxidation sites excluding steroid dienone is 2. The van der Waals surface area contributed by atoms with Crippen LogP contribution in [0.25, 0.3) is 21.7 Å². The summed E-state index contributed by atoms with van der Waals surface area (Å²) in [5.41, 5.74) is -2.80. The zero-order chi connectivity index (χ0) is 22.1. The molecule has 0 spiro atoms. The van der Waals surface area contributed by atoms with Crippen LogP contribution in [0.15, 0.2) is 30.3 Å². The molecule has 1 aliphatic rings. The Bertz CT molecular complexity index is 1160. The highest BCUT2D eigenvalue weighted by atomic mass is 32.1. The summed E-state index contributed by atoms with van der Waals surface area (Å²) in [6, 6.07) is 8.49. The molecule has 0 amide bonds. The minimum atomic E-state index is -5.60. The van der Waals surface area contributed by atoms with Crippen LogP contribution >= 0.6 is 22.7 Å². The van der Waals surface area contributed by atoms with Gasteiger partial charge in [0.2, 0.25) is 0 Å². The molecule has 1 aromatic carbocycles. The monoisotopic (exact) mass is 460 g/mol. The third-order valence-electron chi connectivity index (χ3n) is 4.85. The highest BCUT2D eigenvalue weighted by Gasteiger charge is 2.81. The molecule has 1 aliphatic carbocycles. The first-order valence-corrected chi connectivity index (χ1v) is 10.4. The van der Waals surface area contributed by atoms with Crippen LogP contribution in [-0.2, 0) is 0 Å². The molecule has 158 valence electrons. The van der Waals surface area contributed by atoms with Crippen molar-refractivity contribution in [2.45, 2.75) is 38.5 Å². The van der Waals surface area contributed by atoms with Crippen molar-refractivity contribution < 1.29 is 26.3 Å². The molecule has 3 aromatic rings. The van der Waals surface area contributed by atoms with Crippen LogP contribution < -0.4 is 0 Å². The number of hydrogen-bond donors (Lipinski definition) is 0. The first-order chi connectivity index (χ1) is 13.9. The van der Waals surface area contributed by atoms with Crippen LogP contribution in [0, 0.1) is 20.8 Å². The summed E-state index contributed by atoms with van der Waals surface area (Å²) in [5, 5.41) is 0.588. The first kappa shape index (κ1) is 21.0. The van der Waals surface area contributed by atoms with Crippen LogP contribution in [0.4, 0.5) is 26.3 Å². The third-order valence-corrected chi connectivity index (χ3v) is 6.96. The highest BCUT2D eigenvalue weighted by Crippen LogP contribution is 2.65. The normalized spacial score (nSPS) is 19.5. The maximum absolute atomic E-state index is 14.9. The number of thiazole rings is 2. The van der Waals surface area contributed by atoms with E-state index in [9.17, 15) is 26.3 Å². The molecule has 0 saturated heterocycles. The van der Waals surface area contributed by atoms with Gasteiger partial charge >= 0.3 is 17.8 Å². The summed E-state index contributed by atoms with van der Waals surface area (Å²) in [6.45, 7) is 4.23. The second-order valence-electron chi connectivity index (χ2n) is 6.91. The van der Waals surface area contributed by atoms with Crippen LogP contribution in [0.2, 0.25) is 0 Å². The van der Waals surface area contributed by atoms with E-state index in [1.165, 1.54) is 20.8 Å². The Balaban J connectivity index is 2.05. The van der Waals surface area contributed by atoms with E-state index in [2.05, 4.69) is 9.97 Å². The van der Waals surface area contributed by atoms with E-state index in [0.717, 1.165) is 11.3 Å². The van der Waals surface area contributed by atoms with Gasteiger partial charge in [-0.2, -0.15) is 26.3 Å². The van der Waals surface area contributed by atoms with E-state index in [4.69, 9.17) is 0 Å². The van der Waals surface area contributed by atoms with Gasteiger partial charge in [0.25, 0.3) is 0 Å². The van der Waals surface area contributed by atoms with Crippen molar-refractivity contribution >= 4 is 33.8 Å². The number of benzene rings is 1. The predicted molar refractivity (Wildman–Crippen MR) is 106 cm³/mol. The van der Waals surface area contributed by atoms with Crippen molar-refractivity contribution in [3.8, 4) is 10.6 Å². The average Bonchev–Trinajstić information content (AvgIpc) is 3.23. The Hall–Kier alpha value is -2.20. The topological polar surface area (TPSA) is 25.8 Å². The minimum Gasteiger partial charge on any atom is -0.246 e. The largest absolute Gasteiger partial charge is 0.380 e. The molecule has 0 saturated carbocycles. The third kappa shape index (κ3) is 2.76. The van der Waals surface area contributed by atoms with Gasteiger partial charge in [-0.25, -0.2) is 9.97 Å². The molecule has 30 heavy (non-hydrogen) atoms. The van der Waals surface area contributed by atoms with Gasteiger partial charge in [0.1, 0.15) is 5.01 Å². The van der Waals surface area contributed by atoms with Crippen LogP contribution in [0.5, 0.6) is 0 Å². The van der Waals surface area contributed by atoms with E-state index in [-0.39, 0.29) is 20.5 Å². The van der Waals surface area contributed by atoms with E-state index < -0.39 is 34.6 Å². The first-order valence-electron chi connectivity index (χ1n) is 8.76. The fourth-order valence-corrected chi connectivity index (χ4v) is 5.37. The molecule has 2 aromatic heterocycles. The van der Waals surface area contributed by atoms with Crippen molar-refractivity contribution in [3.63, 3.8) is 0 Å². The maximum Gasteiger partial charge on any atom is 0.380 e. The van der Waals surface area contributed by atoms with E-state index in [1.807, 2.05) is 0 Å². The standard InChI is InChI=1S/C20H14F6N2S2/c1-9-16(30-11(3)27-9)14-13(18(21,22)20(25,26)19(14,23)24)15-10(2)29-17(28-15)12-7-5-4-6-8-12/h4-8H,1-3H3. The van der Waals surface area contributed by atoms with Gasteiger partial charge in [-0.15, -0.1) is 22.7 Å². The summed E-state index contributed by atoms with van der Waals surface area (Å²) in [6.07, 6.45) is 0. The van der Waals surface area contributed by atoms with Crippen molar-refractivity contribution in [2.75, 3.05) is 0 Å². The second-order valence-corrected chi connectivity index (χ2v) is 9.32. The summed E-state index contributed by atoms with van der Waals surface area (Å²) >= 11 is 1.66. The van der Waals surface area contributed by atoms with Crippen molar-refractivity contribution in [3.05, 3.63) is 56.5 Å². The van der Waals surface area contributed by atoms with Crippen molar-refractivity contribution in [1.29, 1.82) is 0 Å². The van der Waals surface area contributed by atoms with Crippen LogP contribution in [0.1, 0.15) is 26.1 Å². The lowest BCUT2D eigenvalue weighted by Gasteiger charge is -2.25. The van der Waals surface area contributed by atoms with Crippen molar-refractivity contribution in [1.82, 2.24) is 9.97 Å². The fraction of sp³-hybridized carbons (Fsp3) is 0.300. The Morgan fingerprint density at radius 2 is 1.37 bits per heavy atom. The van der Waals surface area contributed by atoms with Gasteiger partial charge in [-0.05, 0) is 20.8 Å². The Labute approximate surface area is 175 Å². The van der Waals surface area contributed by atoms with Crippen molar-refractivity contribution in [2.24, 2.45) is 0 Å². The highest BCUT2D eigenvalue weighted by molar-refractivity contribution is 7.15. The molecule has 4 rings (SSSR count). The molecule has 0 atom stereocenters. The number of rotatable bonds is 3. The van der Waals surface area contributed by atoms with Crippen LogP contribution in [-0.4, -0.2) is 27.7 Å². The molecular weight excluding hydrogens is 446 g/mol. The summed E-state index contributed by atoms with van der Waals surface area (Å²) in [7, 11) is 0. The number of aromatic nitrogens is 2. The van der Waals surface area contributed by atoms with Gasteiger partial charge in [-0.1, -0.05) is 30.3 Å². The summed E-state index contributed by atoms with van der Waals surface area (Å²) in [4.78, 5) is 7.83. The number of hydrogen-bond acceptors (Lipinski definition) is 4. The zero-order valence-electron chi connectivity index (χ0n) is 15.9. The number of aryl methyl sites for hydroxylation is 3.